The van der Waals surface area contributed by atoms with E-state index >= 15 is 0 Å². The van der Waals surface area contributed by atoms with Gasteiger partial charge in [-0.25, -0.2) is 4.99 Å². The quantitative estimate of drug-likeness (QED) is 0.567. The largest absolute Gasteiger partial charge is 0.465 e. The Bertz CT molecular complexity index is 999. The Morgan fingerprint density at radius 2 is 1.69 bits per heavy atom. The summed E-state index contributed by atoms with van der Waals surface area (Å²) in [6.07, 6.45) is 0. The molecule has 7 nitrogen and oxygen atoms in total. The highest BCUT2D eigenvalue weighted by atomic mass is 35.5. The normalized spacial score (nSPS) is 21.1. The standard InChI is InChI=1S/C24H27ClN4O3/c1-3-32-23(31)20-21(17-6-4-16(2)5-7-17)26-24(27-22(20)30)29-14-12-28(13-15-29)19-10-8-18(25)9-11-19/h4-11,20-21H,3,12-15H2,1-2H3,(H,26,27,30). The van der Waals surface area contributed by atoms with Crippen molar-refractivity contribution in [1.29, 1.82) is 0 Å². The summed E-state index contributed by atoms with van der Waals surface area (Å²) in [7, 11) is 0. The van der Waals surface area contributed by atoms with Crippen LogP contribution in [-0.2, 0) is 14.3 Å². The Balaban J connectivity index is 1.55. The van der Waals surface area contributed by atoms with Gasteiger partial charge in [-0.15, -0.1) is 0 Å². The highest BCUT2D eigenvalue weighted by Crippen LogP contribution is 2.31. The van der Waals surface area contributed by atoms with Crippen LogP contribution >= 0.6 is 11.6 Å². The van der Waals surface area contributed by atoms with Gasteiger partial charge in [-0.2, -0.15) is 0 Å². The molecule has 168 valence electrons. The van der Waals surface area contributed by atoms with Crippen LogP contribution in [0.4, 0.5) is 5.69 Å². The van der Waals surface area contributed by atoms with Crippen molar-refractivity contribution >= 4 is 35.1 Å². The molecule has 1 saturated heterocycles. The number of guanidine groups is 1. The number of benzene rings is 2. The molecule has 0 bridgehead atoms. The van der Waals surface area contributed by atoms with Crippen LogP contribution in [0.3, 0.4) is 0 Å². The van der Waals surface area contributed by atoms with Crippen molar-refractivity contribution in [3.63, 3.8) is 0 Å². The molecule has 1 fully saturated rings. The lowest BCUT2D eigenvalue weighted by atomic mass is 9.91. The second-order valence-corrected chi connectivity index (χ2v) is 8.41. The zero-order valence-electron chi connectivity index (χ0n) is 18.3. The number of carbonyl (C=O) groups is 2. The van der Waals surface area contributed by atoms with Gasteiger partial charge in [-0.1, -0.05) is 41.4 Å². The number of hydrogen-bond acceptors (Lipinski definition) is 6. The summed E-state index contributed by atoms with van der Waals surface area (Å²) in [5.74, 6) is -1.42. The van der Waals surface area contributed by atoms with E-state index in [0.717, 1.165) is 29.9 Å². The van der Waals surface area contributed by atoms with Crippen LogP contribution < -0.4 is 10.2 Å². The first-order valence-corrected chi connectivity index (χ1v) is 11.2. The number of amides is 1. The number of anilines is 1. The van der Waals surface area contributed by atoms with E-state index in [4.69, 9.17) is 21.3 Å². The van der Waals surface area contributed by atoms with Crippen LogP contribution in [0.25, 0.3) is 0 Å². The average molecular weight is 455 g/mol. The van der Waals surface area contributed by atoms with Crippen molar-refractivity contribution in [3.05, 3.63) is 64.7 Å². The molecule has 2 aromatic rings. The monoisotopic (exact) mass is 454 g/mol. The Hall–Kier alpha value is -3.06. The fourth-order valence-electron chi connectivity index (χ4n) is 4.06. The van der Waals surface area contributed by atoms with Gasteiger partial charge >= 0.3 is 5.97 Å². The predicted molar refractivity (Wildman–Crippen MR) is 125 cm³/mol. The molecule has 2 aliphatic heterocycles. The number of nitrogens with zero attached hydrogens (tertiary/aromatic N) is 3. The van der Waals surface area contributed by atoms with Crippen molar-refractivity contribution in [3.8, 4) is 0 Å². The molecule has 0 aliphatic carbocycles. The Kier molecular flexibility index (Phi) is 6.65. The van der Waals surface area contributed by atoms with Crippen molar-refractivity contribution in [2.45, 2.75) is 19.9 Å². The average Bonchev–Trinajstić information content (AvgIpc) is 2.80. The molecular formula is C24H27ClN4O3. The SMILES string of the molecule is CCOC(=O)C1C(=O)NC(N2CCN(c3ccc(Cl)cc3)CC2)=NC1c1ccc(C)cc1. The number of aryl methyl sites for hydroxylation is 1. The summed E-state index contributed by atoms with van der Waals surface area (Å²) in [6.45, 7) is 6.91. The van der Waals surface area contributed by atoms with Crippen LogP contribution in [0, 0.1) is 12.8 Å². The summed E-state index contributed by atoms with van der Waals surface area (Å²) in [4.78, 5) is 34.7. The molecule has 2 heterocycles. The minimum atomic E-state index is -1.00. The van der Waals surface area contributed by atoms with Crippen LogP contribution in [-0.4, -0.2) is 55.5 Å². The number of halogens is 1. The minimum absolute atomic E-state index is 0.215. The number of rotatable bonds is 4. The third kappa shape index (κ3) is 4.72. The van der Waals surface area contributed by atoms with E-state index in [2.05, 4.69) is 15.1 Å². The van der Waals surface area contributed by atoms with E-state index < -0.39 is 17.9 Å². The molecule has 0 spiro atoms. The van der Waals surface area contributed by atoms with Gasteiger partial charge in [0.15, 0.2) is 5.92 Å². The highest BCUT2D eigenvalue weighted by molar-refractivity contribution is 6.30. The first kappa shape index (κ1) is 22.1. The van der Waals surface area contributed by atoms with Gasteiger partial charge in [0, 0.05) is 36.9 Å². The smallest absolute Gasteiger partial charge is 0.321 e. The maximum Gasteiger partial charge on any atom is 0.321 e. The molecule has 1 N–H and O–H groups in total. The lowest BCUT2D eigenvalue weighted by Gasteiger charge is -2.39. The maximum atomic E-state index is 13.0. The summed E-state index contributed by atoms with van der Waals surface area (Å²) in [5.41, 5.74) is 3.04. The Morgan fingerprint density at radius 3 is 2.31 bits per heavy atom. The molecule has 0 radical (unpaired) electrons. The second kappa shape index (κ2) is 9.61. The van der Waals surface area contributed by atoms with Crippen molar-refractivity contribution in [1.82, 2.24) is 10.2 Å². The number of piperazine rings is 1. The van der Waals surface area contributed by atoms with E-state index in [-0.39, 0.29) is 12.5 Å². The van der Waals surface area contributed by atoms with E-state index in [9.17, 15) is 9.59 Å². The van der Waals surface area contributed by atoms with Gasteiger partial charge in [0.25, 0.3) is 0 Å². The van der Waals surface area contributed by atoms with Gasteiger partial charge in [0.05, 0.1) is 6.61 Å². The first-order valence-electron chi connectivity index (χ1n) is 10.8. The number of hydrogen-bond donors (Lipinski definition) is 1. The molecule has 2 aromatic carbocycles. The third-order valence-corrected chi connectivity index (χ3v) is 6.08. The topological polar surface area (TPSA) is 74.2 Å². The Morgan fingerprint density at radius 1 is 1.06 bits per heavy atom. The molecule has 2 aliphatic rings. The van der Waals surface area contributed by atoms with Gasteiger partial charge in [-0.05, 0) is 43.7 Å². The third-order valence-electron chi connectivity index (χ3n) is 5.82. The molecule has 8 heteroatoms. The second-order valence-electron chi connectivity index (χ2n) is 7.98. The zero-order chi connectivity index (χ0) is 22.7. The molecule has 4 rings (SSSR count). The summed E-state index contributed by atoms with van der Waals surface area (Å²) in [6, 6.07) is 14.9. The number of carbonyl (C=O) groups excluding carboxylic acids is 2. The van der Waals surface area contributed by atoms with Crippen molar-refractivity contribution in [2.24, 2.45) is 10.9 Å². The van der Waals surface area contributed by atoms with Crippen molar-refractivity contribution in [2.75, 3.05) is 37.7 Å². The van der Waals surface area contributed by atoms with Crippen LogP contribution in [0.5, 0.6) is 0 Å². The van der Waals surface area contributed by atoms with Crippen LogP contribution in [0.15, 0.2) is 53.5 Å². The zero-order valence-corrected chi connectivity index (χ0v) is 19.0. The van der Waals surface area contributed by atoms with Gasteiger partial charge in [-0.3, -0.25) is 14.9 Å². The summed E-state index contributed by atoms with van der Waals surface area (Å²) >= 11 is 6.00. The molecule has 0 saturated carbocycles. The lowest BCUT2D eigenvalue weighted by Crippen LogP contribution is -2.57. The number of aliphatic imine (C=N–C) groups is 1. The van der Waals surface area contributed by atoms with Crippen molar-refractivity contribution < 1.29 is 14.3 Å². The molecule has 2 unspecified atom stereocenters. The van der Waals surface area contributed by atoms with E-state index in [1.54, 1.807) is 6.92 Å². The number of esters is 1. The van der Waals surface area contributed by atoms with E-state index in [1.165, 1.54) is 0 Å². The fourth-order valence-corrected chi connectivity index (χ4v) is 4.18. The molecule has 0 aromatic heterocycles. The number of ether oxygens (including phenoxy) is 1. The molecule has 2 atom stereocenters. The van der Waals surface area contributed by atoms with Crippen LogP contribution in [0.1, 0.15) is 24.1 Å². The summed E-state index contributed by atoms with van der Waals surface area (Å²) in [5, 5.41) is 3.56. The van der Waals surface area contributed by atoms with Gasteiger partial charge in [0.1, 0.15) is 6.04 Å². The van der Waals surface area contributed by atoms with E-state index in [0.29, 0.717) is 24.1 Å². The van der Waals surface area contributed by atoms with E-state index in [1.807, 2.05) is 55.5 Å². The minimum Gasteiger partial charge on any atom is -0.465 e. The van der Waals surface area contributed by atoms with Crippen LogP contribution in [0.2, 0.25) is 5.02 Å². The molecule has 32 heavy (non-hydrogen) atoms. The number of nitrogens with one attached hydrogen (secondary N) is 1. The summed E-state index contributed by atoms with van der Waals surface area (Å²) < 4.78 is 5.18. The first-order chi connectivity index (χ1) is 15.5. The van der Waals surface area contributed by atoms with Gasteiger partial charge in [0.2, 0.25) is 11.9 Å². The van der Waals surface area contributed by atoms with Gasteiger partial charge < -0.3 is 14.5 Å². The maximum absolute atomic E-state index is 13.0. The Labute approximate surface area is 193 Å². The lowest BCUT2D eigenvalue weighted by molar-refractivity contribution is -0.153. The highest BCUT2D eigenvalue weighted by Gasteiger charge is 2.42. The molecule has 1 amide bonds. The fraction of sp³-hybridized carbons (Fsp3) is 0.375. The molecular weight excluding hydrogens is 428 g/mol. The predicted octanol–water partition coefficient (Wildman–Crippen LogP) is 3.18.